The van der Waals surface area contributed by atoms with Gasteiger partial charge in [0.05, 0.1) is 5.41 Å². The summed E-state index contributed by atoms with van der Waals surface area (Å²) >= 11 is 0. The summed E-state index contributed by atoms with van der Waals surface area (Å²) in [5.41, 5.74) is 3.85. The molecule has 0 atom stereocenters. The molecule has 0 aliphatic carbocycles. The standard InChI is InChI=1S/C28H30N2O4/c1-5-30(24-8-6-7-19(2)17-24)27(34)29-23-15-13-21(14-16-23)20-9-11-22(12-10-20)25(31)18-28(3,4)26(32)33/h6-17H,5,18H2,1-4H3,(H,29,34)(H,32,33). The minimum Gasteiger partial charge on any atom is -0.481 e. The fourth-order valence-corrected chi connectivity index (χ4v) is 3.60. The van der Waals surface area contributed by atoms with E-state index in [9.17, 15) is 19.5 Å². The predicted molar refractivity (Wildman–Crippen MR) is 135 cm³/mol. The van der Waals surface area contributed by atoms with Gasteiger partial charge in [-0.25, -0.2) is 4.79 Å². The molecule has 0 aliphatic heterocycles. The second-order valence-corrected chi connectivity index (χ2v) is 8.96. The number of carboxylic acid groups (broad SMARTS) is 1. The minimum absolute atomic E-state index is 0.0621. The predicted octanol–water partition coefficient (Wildman–Crippen LogP) is 6.40. The molecule has 176 valence electrons. The van der Waals surface area contributed by atoms with Crippen molar-refractivity contribution in [3.8, 4) is 11.1 Å². The molecule has 0 fully saturated rings. The number of carbonyl (C=O) groups excluding carboxylic acids is 2. The fraction of sp³-hybridized carbons (Fsp3) is 0.250. The normalized spacial score (nSPS) is 11.1. The molecule has 0 spiro atoms. The molecule has 0 radical (unpaired) electrons. The lowest BCUT2D eigenvalue weighted by molar-refractivity contribution is -0.146. The molecule has 0 aliphatic rings. The summed E-state index contributed by atoms with van der Waals surface area (Å²) in [4.78, 5) is 38.2. The number of nitrogens with one attached hydrogen (secondary N) is 1. The Bertz CT molecular complexity index is 1180. The Hall–Kier alpha value is -3.93. The van der Waals surface area contributed by atoms with Crippen LogP contribution in [0.15, 0.2) is 72.8 Å². The third-order valence-corrected chi connectivity index (χ3v) is 5.73. The first kappa shape index (κ1) is 24.7. The molecule has 6 heteroatoms. The second kappa shape index (κ2) is 10.3. The zero-order chi connectivity index (χ0) is 24.9. The number of amides is 2. The van der Waals surface area contributed by atoms with Crippen LogP contribution in [0.5, 0.6) is 0 Å². The number of ketones is 1. The molecule has 0 heterocycles. The number of benzene rings is 3. The van der Waals surface area contributed by atoms with Crippen molar-refractivity contribution >= 4 is 29.2 Å². The summed E-state index contributed by atoms with van der Waals surface area (Å²) in [5.74, 6) is -1.20. The van der Waals surface area contributed by atoms with Gasteiger partial charge in [-0.15, -0.1) is 0 Å². The van der Waals surface area contributed by atoms with Gasteiger partial charge in [0.15, 0.2) is 5.78 Å². The Morgan fingerprint density at radius 3 is 2.03 bits per heavy atom. The highest BCUT2D eigenvalue weighted by molar-refractivity contribution is 6.02. The first-order valence-electron chi connectivity index (χ1n) is 11.2. The van der Waals surface area contributed by atoms with E-state index in [0.29, 0.717) is 17.8 Å². The average molecular weight is 459 g/mol. The highest BCUT2D eigenvalue weighted by atomic mass is 16.4. The summed E-state index contributed by atoms with van der Waals surface area (Å²) in [6, 6.07) is 22.2. The van der Waals surface area contributed by atoms with Crippen LogP contribution in [-0.4, -0.2) is 29.4 Å². The molecule has 3 rings (SSSR count). The van der Waals surface area contributed by atoms with Crippen LogP contribution in [0.4, 0.5) is 16.2 Å². The highest BCUT2D eigenvalue weighted by Crippen LogP contribution is 2.26. The molecular formula is C28H30N2O4. The largest absolute Gasteiger partial charge is 0.481 e. The van der Waals surface area contributed by atoms with E-state index in [1.165, 1.54) is 0 Å². The van der Waals surface area contributed by atoms with E-state index in [4.69, 9.17) is 0 Å². The summed E-state index contributed by atoms with van der Waals surface area (Å²) in [6.07, 6.45) is -0.0621. The Kier molecular flexibility index (Phi) is 7.51. The lowest BCUT2D eigenvalue weighted by atomic mass is 9.85. The maximum Gasteiger partial charge on any atom is 0.326 e. The molecule has 0 bridgehead atoms. The number of aryl methyl sites for hydroxylation is 1. The van der Waals surface area contributed by atoms with E-state index in [0.717, 1.165) is 22.4 Å². The molecule has 3 aromatic rings. The van der Waals surface area contributed by atoms with Gasteiger partial charge in [-0.05, 0) is 68.7 Å². The fourth-order valence-electron chi connectivity index (χ4n) is 3.60. The number of hydrogen-bond donors (Lipinski definition) is 2. The quantitative estimate of drug-likeness (QED) is 0.382. The van der Waals surface area contributed by atoms with Gasteiger partial charge < -0.3 is 10.4 Å². The molecule has 6 nitrogen and oxygen atoms in total. The average Bonchev–Trinajstić information content (AvgIpc) is 2.80. The van der Waals surface area contributed by atoms with E-state index >= 15 is 0 Å². The SMILES string of the molecule is CCN(C(=O)Nc1ccc(-c2ccc(C(=O)CC(C)(C)C(=O)O)cc2)cc1)c1cccc(C)c1. The molecule has 2 amide bonds. The molecule has 0 saturated carbocycles. The Morgan fingerprint density at radius 1 is 0.912 bits per heavy atom. The van der Waals surface area contributed by atoms with Gasteiger partial charge in [-0.2, -0.15) is 0 Å². The summed E-state index contributed by atoms with van der Waals surface area (Å²) < 4.78 is 0. The Balaban J connectivity index is 1.67. The van der Waals surface area contributed by atoms with Gasteiger partial charge in [0.2, 0.25) is 0 Å². The van der Waals surface area contributed by atoms with Crippen LogP contribution < -0.4 is 10.2 Å². The summed E-state index contributed by atoms with van der Waals surface area (Å²) in [6.45, 7) is 7.56. The minimum atomic E-state index is -1.11. The zero-order valence-electron chi connectivity index (χ0n) is 20.0. The Labute approximate surface area is 200 Å². The number of hydrogen-bond acceptors (Lipinski definition) is 3. The van der Waals surface area contributed by atoms with Gasteiger partial charge in [0, 0.05) is 29.9 Å². The molecule has 2 N–H and O–H groups in total. The van der Waals surface area contributed by atoms with Crippen molar-refractivity contribution in [1.29, 1.82) is 0 Å². The third-order valence-electron chi connectivity index (χ3n) is 5.73. The zero-order valence-corrected chi connectivity index (χ0v) is 20.0. The summed E-state index contributed by atoms with van der Waals surface area (Å²) in [5, 5.41) is 12.2. The molecule has 3 aromatic carbocycles. The number of carbonyl (C=O) groups is 3. The molecule has 0 unspecified atom stereocenters. The number of Topliss-reactive ketones (excluding diaryl/α,β-unsaturated/α-hetero) is 1. The molecule has 0 aromatic heterocycles. The third kappa shape index (κ3) is 5.90. The van der Waals surface area contributed by atoms with Gasteiger partial charge in [0.25, 0.3) is 0 Å². The first-order valence-corrected chi connectivity index (χ1v) is 11.2. The maximum absolute atomic E-state index is 12.8. The van der Waals surface area contributed by atoms with Crippen molar-refractivity contribution in [2.24, 2.45) is 5.41 Å². The second-order valence-electron chi connectivity index (χ2n) is 8.96. The van der Waals surface area contributed by atoms with Crippen LogP contribution in [0.2, 0.25) is 0 Å². The number of urea groups is 1. The van der Waals surface area contributed by atoms with Crippen LogP contribution in [-0.2, 0) is 4.79 Å². The number of aliphatic carboxylic acids is 1. The van der Waals surface area contributed by atoms with Crippen molar-refractivity contribution in [1.82, 2.24) is 0 Å². The lowest BCUT2D eigenvalue weighted by Crippen LogP contribution is -2.34. The first-order chi connectivity index (χ1) is 16.1. The molecular weight excluding hydrogens is 428 g/mol. The van der Waals surface area contributed by atoms with E-state index in [1.54, 1.807) is 30.9 Å². The van der Waals surface area contributed by atoms with Gasteiger partial charge in [0.1, 0.15) is 0 Å². The van der Waals surface area contributed by atoms with Crippen LogP contribution in [0.25, 0.3) is 11.1 Å². The van der Waals surface area contributed by atoms with E-state index in [-0.39, 0.29) is 18.2 Å². The topological polar surface area (TPSA) is 86.7 Å². The monoisotopic (exact) mass is 458 g/mol. The smallest absolute Gasteiger partial charge is 0.326 e. The van der Waals surface area contributed by atoms with Crippen molar-refractivity contribution in [2.45, 2.75) is 34.1 Å². The van der Waals surface area contributed by atoms with Crippen molar-refractivity contribution < 1.29 is 19.5 Å². The van der Waals surface area contributed by atoms with Crippen LogP contribution in [0.1, 0.15) is 43.1 Å². The van der Waals surface area contributed by atoms with Gasteiger partial charge in [-0.1, -0.05) is 48.5 Å². The highest BCUT2D eigenvalue weighted by Gasteiger charge is 2.30. The van der Waals surface area contributed by atoms with Crippen LogP contribution >= 0.6 is 0 Å². The number of anilines is 2. The van der Waals surface area contributed by atoms with Crippen molar-refractivity contribution in [2.75, 3.05) is 16.8 Å². The van der Waals surface area contributed by atoms with E-state index in [1.807, 2.05) is 74.5 Å². The van der Waals surface area contributed by atoms with Crippen LogP contribution in [0, 0.1) is 12.3 Å². The number of rotatable bonds is 8. The van der Waals surface area contributed by atoms with Gasteiger partial charge >= 0.3 is 12.0 Å². The summed E-state index contributed by atoms with van der Waals surface area (Å²) in [7, 11) is 0. The number of nitrogens with zero attached hydrogens (tertiary/aromatic N) is 1. The lowest BCUT2D eigenvalue weighted by Gasteiger charge is -2.22. The van der Waals surface area contributed by atoms with Gasteiger partial charge in [-0.3, -0.25) is 14.5 Å². The van der Waals surface area contributed by atoms with E-state index in [2.05, 4.69) is 5.32 Å². The van der Waals surface area contributed by atoms with Crippen molar-refractivity contribution in [3.05, 3.63) is 83.9 Å². The molecule has 34 heavy (non-hydrogen) atoms. The number of carboxylic acids is 1. The maximum atomic E-state index is 12.8. The van der Waals surface area contributed by atoms with E-state index < -0.39 is 11.4 Å². The van der Waals surface area contributed by atoms with Crippen LogP contribution in [0.3, 0.4) is 0 Å². The van der Waals surface area contributed by atoms with Crippen molar-refractivity contribution in [3.63, 3.8) is 0 Å². The molecule has 0 saturated heterocycles. The Morgan fingerprint density at radius 2 is 1.50 bits per heavy atom.